The molecule has 0 aliphatic carbocycles. The van der Waals surface area contributed by atoms with Crippen molar-refractivity contribution in [3.05, 3.63) is 30.3 Å². The highest BCUT2D eigenvalue weighted by molar-refractivity contribution is 6.79. The largest absolute Gasteiger partial charge is 0.559 e. The standard InChI is InChI=1S/C6H5N.CHO.CH3.2Al.2H/c7-6-4-2-1-3-5-6;1-2;;;;;/h1-5H;1H;1H3;;;;. The highest BCUT2D eigenvalue weighted by Gasteiger charge is 2.05. The van der Waals surface area contributed by atoms with Gasteiger partial charge in [0.25, 0.3) is 0 Å². The lowest BCUT2D eigenvalue weighted by Gasteiger charge is -2.20. The summed E-state index contributed by atoms with van der Waals surface area (Å²) < 4.78 is 2.30. The van der Waals surface area contributed by atoms with E-state index in [-0.39, 0.29) is 15.4 Å². The third-order valence-corrected chi connectivity index (χ3v) is 6.00. The quantitative estimate of drug-likeness (QED) is 0.508. The number of carbonyl (C=O) groups is 1. The molecule has 60 valence electrons. The molecule has 0 saturated carbocycles. The van der Waals surface area contributed by atoms with Crippen LogP contribution in [0.25, 0.3) is 0 Å². The van der Waals surface area contributed by atoms with Crippen molar-refractivity contribution in [2.45, 2.75) is 5.79 Å². The molecule has 0 aliphatic heterocycles. The van der Waals surface area contributed by atoms with E-state index in [0.29, 0.717) is 0 Å². The van der Waals surface area contributed by atoms with Gasteiger partial charge in [-0.2, -0.15) is 0 Å². The third kappa shape index (κ3) is 2.66. The summed E-state index contributed by atoms with van der Waals surface area (Å²) in [5.41, 5.74) is 1.23. The second kappa shape index (κ2) is 5.41. The van der Waals surface area contributed by atoms with Crippen LogP contribution in [0.4, 0.5) is 5.69 Å². The van der Waals surface area contributed by atoms with Gasteiger partial charge in [0.15, 0.2) is 0 Å². The van der Waals surface area contributed by atoms with E-state index >= 15 is 0 Å². The maximum Gasteiger partial charge on any atom is 0.453 e. The zero-order chi connectivity index (χ0) is 8.81. The fourth-order valence-corrected chi connectivity index (χ4v) is 3.67. The number of carbonyl (C=O) groups excluding carboxylic acids is 1. The molecule has 0 atom stereocenters. The van der Waals surface area contributed by atoms with Crippen LogP contribution in [-0.4, -0.2) is 36.0 Å². The molecule has 1 aromatic carbocycles. The molecule has 0 fully saturated rings. The minimum absolute atomic E-state index is 0.217. The summed E-state index contributed by atoms with van der Waals surface area (Å²) >= 11 is -0.866. The van der Waals surface area contributed by atoms with Crippen molar-refractivity contribution in [2.75, 3.05) is 2.87 Å². The average Bonchev–Trinajstić information content (AvgIpc) is 2.15. The lowest BCUT2D eigenvalue weighted by atomic mass is 10.3. The van der Waals surface area contributed by atoms with Gasteiger partial charge >= 0.3 is 30.9 Å². The zero-order valence-electron chi connectivity index (χ0n) is 7.23. The first kappa shape index (κ1) is 9.84. The Kier molecular flexibility index (Phi) is 4.44. The number of benzene rings is 1. The van der Waals surface area contributed by atoms with Gasteiger partial charge in [-0.15, -0.1) is 0 Å². The lowest BCUT2D eigenvalue weighted by molar-refractivity contribution is 0.568. The maximum atomic E-state index is 10.4. The van der Waals surface area contributed by atoms with E-state index < -0.39 is 15.4 Å². The van der Waals surface area contributed by atoms with Gasteiger partial charge in [0.05, 0.1) is 5.15 Å². The monoisotopic (exact) mass is 191 g/mol. The Morgan fingerprint density at radius 3 is 2.50 bits per heavy atom. The predicted octanol–water partition coefficient (Wildman–Crippen LogP) is 0.434. The number of rotatable bonds is 4. The van der Waals surface area contributed by atoms with Crippen molar-refractivity contribution in [3.8, 4) is 0 Å². The van der Waals surface area contributed by atoms with E-state index in [1.54, 1.807) is 0 Å². The molecule has 0 unspecified atom stereocenters. The van der Waals surface area contributed by atoms with Crippen LogP contribution in [-0.2, 0) is 4.79 Å². The van der Waals surface area contributed by atoms with Gasteiger partial charge in [-0.3, -0.25) is 0 Å². The summed E-state index contributed by atoms with van der Waals surface area (Å²) in [4.78, 5) is 10.4. The normalized spacial score (nSPS) is 8.75. The second-order valence-corrected chi connectivity index (χ2v) is 6.29. The summed E-state index contributed by atoms with van der Waals surface area (Å²) in [6.07, 6.45) is 0. The summed E-state index contributed by atoms with van der Waals surface area (Å²) in [6, 6.07) is 10.2. The van der Waals surface area contributed by atoms with Crippen molar-refractivity contribution < 1.29 is 4.79 Å². The minimum Gasteiger partial charge on any atom is -0.559 e. The van der Waals surface area contributed by atoms with Crippen LogP contribution >= 0.6 is 0 Å². The van der Waals surface area contributed by atoms with E-state index in [1.807, 2.05) is 18.2 Å². The molecule has 0 spiro atoms. The van der Waals surface area contributed by atoms with Crippen molar-refractivity contribution >= 4 is 41.7 Å². The maximum absolute atomic E-state index is 10.4. The summed E-state index contributed by atoms with van der Waals surface area (Å²) in [5.74, 6) is 2.21. The van der Waals surface area contributed by atoms with Crippen LogP contribution in [0, 0.1) is 0 Å². The molecule has 0 heterocycles. The summed E-state index contributed by atoms with van der Waals surface area (Å²) in [7, 11) is 0. The predicted molar refractivity (Wildman–Crippen MR) is 55.8 cm³/mol. The van der Waals surface area contributed by atoms with Crippen molar-refractivity contribution in [1.82, 2.24) is 0 Å². The van der Waals surface area contributed by atoms with Crippen LogP contribution in [0.2, 0.25) is 5.79 Å². The summed E-state index contributed by atoms with van der Waals surface area (Å²) in [6.45, 7) is 0. The van der Waals surface area contributed by atoms with Crippen LogP contribution in [0.5, 0.6) is 0 Å². The van der Waals surface area contributed by atoms with Crippen molar-refractivity contribution in [2.24, 2.45) is 0 Å². The number of hydrogen-bond acceptors (Lipinski definition) is 2. The molecule has 0 aromatic heterocycles. The Morgan fingerprint density at radius 1 is 1.33 bits per heavy atom. The smallest absolute Gasteiger partial charge is 0.453 e. The van der Waals surface area contributed by atoms with E-state index in [2.05, 4.69) is 20.8 Å². The molecule has 1 rings (SSSR count). The fraction of sp³-hybridized carbons (Fsp3) is 0.125. The van der Waals surface area contributed by atoms with Gasteiger partial charge in [0.1, 0.15) is 0 Å². The molecule has 0 saturated heterocycles. The van der Waals surface area contributed by atoms with Gasteiger partial charge in [0, 0.05) is 0 Å². The van der Waals surface area contributed by atoms with Gasteiger partial charge in [0.2, 0.25) is 0 Å². The molecule has 2 nitrogen and oxygen atoms in total. The molecular weight excluding hydrogens is 180 g/mol. The average molecular weight is 191 g/mol. The first-order valence-corrected chi connectivity index (χ1v) is 7.61. The van der Waals surface area contributed by atoms with E-state index in [0.717, 1.165) is 5.15 Å². The molecule has 4 heteroatoms. The summed E-state index contributed by atoms with van der Waals surface area (Å²) in [5, 5.41) is 1.10. The molecule has 0 aliphatic rings. The highest BCUT2D eigenvalue weighted by atomic mass is 27.2. The van der Waals surface area contributed by atoms with Gasteiger partial charge in [-0.1, -0.05) is 24.0 Å². The van der Waals surface area contributed by atoms with E-state index in [1.165, 1.54) is 5.69 Å². The van der Waals surface area contributed by atoms with Crippen LogP contribution in [0.15, 0.2) is 30.3 Å². The Balaban J connectivity index is 2.72. The van der Waals surface area contributed by atoms with Crippen LogP contribution < -0.4 is 2.87 Å². The van der Waals surface area contributed by atoms with Crippen LogP contribution in [0.3, 0.4) is 0 Å². The zero-order valence-corrected chi connectivity index (χ0v) is 10.1. The Hall–Kier alpha value is -0.245. The minimum atomic E-state index is -0.648. The molecule has 12 heavy (non-hydrogen) atoms. The number of nitrogens with zero attached hydrogens (tertiary/aromatic N) is 1. The van der Waals surface area contributed by atoms with Crippen molar-refractivity contribution in [1.29, 1.82) is 0 Å². The van der Waals surface area contributed by atoms with Crippen LogP contribution in [0.1, 0.15) is 0 Å². The van der Waals surface area contributed by atoms with Gasteiger partial charge in [-0.25, -0.2) is 0 Å². The highest BCUT2D eigenvalue weighted by Crippen LogP contribution is 2.09. The topological polar surface area (TPSA) is 20.3 Å². The molecule has 0 bridgehead atoms. The van der Waals surface area contributed by atoms with E-state index in [9.17, 15) is 4.79 Å². The Morgan fingerprint density at radius 2 is 2.00 bits per heavy atom. The van der Waals surface area contributed by atoms with Crippen molar-refractivity contribution in [3.63, 3.8) is 0 Å². The number of hydrogen-bond donors (Lipinski definition) is 0. The van der Waals surface area contributed by atoms with E-state index in [4.69, 9.17) is 0 Å². The third-order valence-electron chi connectivity index (χ3n) is 1.80. The number of anilines is 1. The molecular formula is C8H11Al2NO. The van der Waals surface area contributed by atoms with Gasteiger partial charge < -0.3 is 7.66 Å². The second-order valence-electron chi connectivity index (χ2n) is 2.54. The first-order chi connectivity index (χ1) is 5.88. The fourth-order valence-electron chi connectivity index (χ4n) is 1.15. The molecule has 1 aromatic rings. The lowest BCUT2D eigenvalue weighted by Crippen LogP contribution is -2.30. The molecule has 0 amide bonds. The number of para-hydroxylation sites is 1. The molecule has 0 radical (unpaired) electrons. The first-order valence-electron chi connectivity index (χ1n) is 4.12. The van der Waals surface area contributed by atoms with Gasteiger partial charge in [-0.05, 0) is 17.8 Å². The Labute approximate surface area is 85.4 Å². The SMILES string of the molecule is [CH3][AlH][N]([AlH][CH]=O)c1ccccc1. The molecule has 0 N–H and O–H groups in total. The Bertz CT molecular complexity index is 240.